The van der Waals surface area contributed by atoms with Gasteiger partial charge < -0.3 is 9.47 Å². The Bertz CT molecular complexity index is 604. The summed E-state index contributed by atoms with van der Waals surface area (Å²) in [5.74, 6) is -0.385. The van der Waals surface area contributed by atoms with Crippen molar-refractivity contribution in [2.75, 3.05) is 7.11 Å². The Balaban J connectivity index is 2.01. The molecule has 0 bridgehead atoms. The Kier molecular flexibility index (Phi) is 4.13. The van der Waals surface area contributed by atoms with Gasteiger partial charge in [0.15, 0.2) is 0 Å². The van der Waals surface area contributed by atoms with Gasteiger partial charge in [0.25, 0.3) is 0 Å². The molecular formula is C15H14O4. The first-order chi connectivity index (χ1) is 9.19. The van der Waals surface area contributed by atoms with E-state index in [0.29, 0.717) is 5.75 Å². The summed E-state index contributed by atoms with van der Waals surface area (Å²) in [6.07, 6.45) is 0.0441. The fraction of sp³-hybridized carbons (Fsp3) is 0.200. The summed E-state index contributed by atoms with van der Waals surface area (Å²) in [6.45, 7) is 0. The number of carbonyl (C=O) groups excluding carboxylic acids is 2. The minimum atomic E-state index is -0.444. The number of benzene rings is 2. The molecule has 0 spiro atoms. The molecule has 98 valence electrons. The van der Waals surface area contributed by atoms with Crippen LogP contribution in [0.3, 0.4) is 0 Å². The molecule has 0 saturated heterocycles. The molecule has 0 saturated carbocycles. The highest BCUT2D eigenvalue weighted by molar-refractivity contribution is 5.85. The van der Waals surface area contributed by atoms with Gasteiger partial charge in [-0.1, -0.05) is 30.3 Å². The molecule has 0 aliphatic rings. The Morgan fingerprint density at radius 3 is 2.37 bits per heavy atom. The van der Waals surface area contributed by atoms with Gasteiger partial charge in [-0.15, -0.1) is 0 Å². The van der Waals surface area contributed by atoms with Crippen LogP contribution in [0.4, 0.5) is 0 Å². The van der Waals surface area contributed by atoms with Crippen LogP contribution in [0.5, 0.6) is 5.75 Å². The van der Waals surface area contributed by atoms with Crippen molar-refractivity contribution in [3.8, 4) is 5.75 Å². The van der Waals surface area contributed by atoms with Crippen LogP contribution in [0.1, 0.15) is 12.8 Å². The Hall–Kier alpha value is -2.36. The number of hydrogen-bond acceptors (Lipinski definition) is 4. The fourth-order valence-corrected chi connectivity index (χ4v) is 1.72. The van der Waals surface area contributed by atoms with E-state index in [1.165, 1.54) is 7.11 Å². The maximum atomic E-state index is 11.5. The Morgan fingerprint density at radius 2 is 1.63 bits per heavy atom. The monoisotopic (exact) mass is 258 g/mol. The summed E-state index contributed by atoms with van der Waals surface area (Å²) in [4.78, 5) is 22.5. The molecular weight excluding hydrogens is 244 g/mol. The quantitative estimate of drug-likeness (QED) is 0.625. The average Bonchev–Trinajstić information content (AvgIpc) is 2.44. The zero-order valence-corrected chi connectivity index (χ0v) is 10.6. The van der Waals surface area contributed by atoms with Crippen molar-refractivity contribution in [3.05, 3.63) is 42.5 Å². The molecule has 0 amide bonds. The molecule has 2 aromatic carbocycles. The second-order valence-electron chi connectivity index (χ2n) is 4.06. The largest absolute Gasteiger partial charge is 0.469 e. The van der Waals surface area contributed by atoms with Gasteiger partial charge in [0.05, 0.1) is 20.0 Å². The summed E-state index contributed by atoms with van der Waals surface area (Å²) >= 11 is 0. The van der Waals surface area contributed by atoms with E-state index < -0.39 is 11.9 Å². The Morgan fingerprint density at radius 1 is 0.947 bits per heavy atom. The zero-order chi connectivity index (χ0) is 13.7. The SMILES string of the molecule is COC(=O)CCC(=O)Oc1ccc2ccccc2c1. The highest BCUT2D eigenvalue weighted by Crippen LogP contribution is 2.20. The topological polar surface area (TPSA) is 52.6 Å². The van der Waals surface area contributed by atoms with E-state index in [-0.39, 0.29) is 12.8 Å². The van der Waals surface area contributed by atoms with Crippen LogP contribution in [0.25, 0.3) is 10.8 Å². The van der Waals surface area contributed by atoms with Gasteiger partial charge in [-0.25, -0.2) is 0 Å². The lowest BCUT2D eigenvalue weighted by Crippen LogP contribution is -2.11. The van der Waals surface area contributed by atoms with Crippen LogP contribution >= 0.6 is 0 Å². The summed E-state index contributed by atoms with van der Waals surface area (Å²) in [5.41, 5.74) is 0. The van der Waals surface area contributed by atoms with Crippen LogP contribution in [-0.2, 0) is 14.3 Å². The average molecular weight is 258 g/mol. The fourth-order valence-electron chi connectivity index (χ4n) is 1.72. The van der Waals surface area contributed by atoms with Gasteiger partial charge in [0, 0.05) is 0 Å². The molecule has 0 fully saturated rings. The van der Waals surface area contributed by atoms with Crippen molar-refractivity contribution in [3.63, 3.8) is 0 Å². The van der Waals surface area contributed by atoms with Gasteiger partial charge in [-0.05, 0) is 22.9 Å². The molecule has 4 nitrogen and oxygen atoms in total. The molecule has 0 atom stereocenters. The first-order valence-corrected chi connectivity index (χ1v) is 5.95. The van der Waals surface area contributed by atoms with E-state index >= 15 is 0 Å². The summed E-state index contributed by atoms with van der Waals surface area (Å²) < 4.78 is 9.63. The smallest absolute Gasteiger partial charge is 0.311 e. The molecule has 0 aliphatic carbocycles. The molecule has 2 rings (SSSR count). The second kappa shape index (κ2) is 6.00. The Labute approximate surface area is 110 Å². The van der Waals surface area contributed by atoms with Crippen LogP contribution in [0.15, 0.2) is 42.5 Å². The van der Waals surface area contributed by atoms with Crippen LogP contribution in [0.2, 0.25) is 0 Å². The zero-order valence-electron chi connectivity index (χ0n) is 10.6. The van der Waals surface area contributed by atoms with Crippen molar-refractivity contribution in [1.82, 2.24) is 0 Å². The minimum Gasteiger partial charge on any atom is -0.469 e. The third kappa shape index (κ3) is 3.55. The van der Waals surface area contributed by atoms with E-state index in [4.69, 9.17) is 4.74 Å². The summed E-state index contributed by atoms with van der Waals surface area (Å²) in [6, 6.07) is 13.2. The van der Waals surface area contributed by atoms with E-state index in [1.807, 2.05) is 30.3 Å². The lowest BCUT2D eigenvalue weighted by molar-refractivity contribution is -0.144. The lowest BCUT2D eigenvalue weighted by atomic mass is 10.1. The highest BCUT2D eigenvalue weighted by atomic mass is 16.5. The molecule has 0 aliphatic heterocycles. The van der Waals surface area contributed by atoms with Gasteiger partial charge in [0.2, 0.25) is 0 Å². The van der Waals surface area contributed by atoms with Crippen LogP contribution < -0.4 is 4.74 Å². The predicted octanol–water partition coefficient (Wildman–Crippen LogP) is 2.70. The first kappa shape index (κ1) is 13.1. The van der Waals surface area contributed by atoms with Gasteiger partial charge >= 0.3 is 11.9 Å². The molecule has 0 N–H and O–H groups in total. The highest BCUT2D eigenvalue weighted by Gasteiger charge is 2.09. The van der Waals surface area contributed by atoms with E-state index in [1.54, 1.807) is 12.1 Å². The molecule has 0 radical (unpaired) electrons. The number of carbonyl (C=O) groups is 2. The lowest BCUT2D eigenvalue weighted by Gasteiger charge is -2.05. The maximum Gasteiger partial charge on any atom is 0.311 e. The minimum absolute atomic E-state index is 0.0134. The molecule has 0 unspecified atom stereocenters. The number of fused-ring (bicyclic) bond motifs is 1. The van der Waals surface area contributed by atoms with Crippen LogP contribution in [-0.4, -0.2) is 19.0 Å². The van der Waals surface area contributed by atoms with Crippen molar-refractivity contribution in [2.45, 2.75) is 12.8 Å². The van der Waals surface area contributed by atoms with E-state index in [2.05, 4.69) is 4.74 Å². The second-order valence-corrected chi connectivity index (χ2v) is 4.06. The molecule has 0 heterocycles. The number of hydrogen-bond donors (Lipinski definition) is 0. The van der Waals surface area contributed by atoms with Crippen molar-refractivity contribution < 1.29 is 19.1 Å². The standard InChI is InChI=1S/C15H14O4/c1-18-14(16)8-9-15(17)19-13-7-6-11-4-2-3-5-12(11)10-13/h2-7,10H,8-9H2,1H3. The molecule has 19 heavy (non-hydrogen) atoms. The van der Waals surface area contributed by atoms with E-state index in [0.717, 1.165) is 10.8 Å². The first-order valence-electron chi connectivity index (χ1n) is 5.95. The number of esters is 2. The summed E-state index contributed by atoms with van der Waals surface area (Å²) in [5, 5.41) is 2.08. The van der Waals surface area contributed by atoms with Crippen molar-refractivity contribution in [2.24, 2.45) is 0 Å². The van der Waals surface area contributed by atoms with Gasteiger partial charge in [-0.3, -0.25) is 9.59 Å². The predicted molar refractivity (Wildman–Crippen MR) is 70.8 cm³/mol. The molecule has 2 aromatic rings. The van der Waals surface area contributed by atoms with Crippen molar-refractivity contribution in [1.29, 1.82) is 0 Å². The summed E-state index contributed by atoms with van der Waals surface area (Å²) in [7, 11) is 1.29. The van der Waals surface area contributed by atoms with E-state index in [9.17, 15) is 9.59 Å². The normalized spacial score (nSPS) is 10.2. The maximum absolute atomic E-state index is 11.5. The number of rotatable bonds is 4. The third-order valence-corrected chi connectivity index (χ3v) is 2.71. The van der Waals surface area contributed by atoms with Crippen molar-refractivity contribution >= 4 is 22.7 Å². The van der Waals surface area contributed by atoms with Gasteiger partial charge in [0.1, 0.15) is 5.75 Å². The molecule has 4 heteroatoms. The number of ether oxygens (including phenoxy) is 2. The molecule has 0 aromatic heterocycles. The number of methoxy groups -OCH3 is 1. The van der Waals surface area contributed by atoms with Crippen LogP contribution in [0, 0.1) is 0 Å². The van der Waals surface area contributed by atoms with Gasteiger partial charge in [-0.2, -0.15) is 0 Å². The third-order valence-electron chi connectivity index (χ3n) is 2.71.